The van der Waals surface area contributed by atoms with Gasteiger partial charge in [-0.2, -0.15) is 0 Å². The molecule has 1 rings (SSSR count). The molecule has 0 N–H and O–H groups in total. The van der Waals surface area contributed by atoms with Crippen LogP contribution in [-0.4, -0.2) is 66.5 Å². The largest absolute Gasteiger partial charge is 0.464 e. The molecule has 7 nitrogen and oxygen atoms in total. The number of likely N-dealkylation sites (tertiary alicyclic amines) is 1. The number of Topliss-reactive ketones (excluding diaryl/α,β-unsaturated/α-hetero) is 1. The molecule has 1 atom stereocenters. The fourth-order valence-corrected chi connectivity index (χ4v) is 2.15. The Hall–Kier alpha value is -2.05. The van der Waals surface area contributed by atoms with Crippen LogP contribution in [0.1, 0.15) is 34.6 Å². The Morgan fingerprint density at radius 2 is 1.92 bits per heavy atom. The summed E-state index contributed by atoms with van der Waals surface area (Å²) in [6.07, 6.45) is 0.845. The summed E-state index contributed by atoms with van der Waals surface area (Å²) in [5, 5.41) is 0. The van der Waals surface area contributed by atoms with E-state index in [9.17, 15) is 14.4 Å². The second kappa shape index (κ2) is 7.68. The van der Waals surface area contributed by atoms with Crippen LogP contribution in [0.4, 0.5) is 4.79 Å². The third kappa shape index (κ3) is 5.54. The fraction of sp³-hybridized carbons (Fsp3) is 0.706. The Morgan fingerprint density at radius 1 is 1.33 bits per heavy atom. The van der Waals surface area contributed by atoms with Crippen molar-refractivity contribution in [2.75, 3.05) is 27.2 Å². The third-order valence-electron chi connectivity index (χ3n) is 3.05. The first-order chi connectivity index (χ1) is 10.9. The minimum Gasteiger partial charge on any atom is -0.464 e. The SMILES string of the molecule is CC(C)COC(=O)[C@@H]1/C(=C\N(C)C)C(=O)CN1C(=O)OC(C)(C)C. The quantitative estimate of drug-likeness (QED) is 0.574. The van der Waals surface area contributed by atoms with Crippen LogP contribution in [0.2, 0.25) is 0 Å². The van der Waals surface area contributed by atoms with Crippen molar-refractivity contribution in [3.8, 4) is 0 Å². The lowest BCUT2D eigenvalue weighted by molar-refractivity contribution is -0.148. The number of esters is 1. The second-order valence-electron chi connectivity index (χ2n) is 7.51. The van der Waals surface area contributed by atoms with E-state index >= 15 is 0 Å². The zero-order valence-electron chi connectivity index (χ0n) is 15.6. The average Bonchev–Trinajstić information content (AvgIpc) is 2.71. The highest BCUT2D eigenvalue weighted by molar-refractivity contribution is 6.09. The first-order valence-electron chi connectivity index (χ1n) is 8.00. The molecule has 1 saturated heterocycles. The molecule has 1 aliphatic rings. The number of amides is 1. The maximum absolute atomic E-state index is 12.5. The number of carbonyl (C=O) groups is 3. The molecule has 0 spiro atoms. The smallest absolute Gasteiger partial charge is 0.411 e. The Morgan fingerprint density at radius 3 is 2.38 bits per heavy atom. The number of hydrogen-bond acceptors (Lipinski definition) is 6. The van der Waals surface area contributed by atoms with Crippen molar-refractivity contribution in [1.82, 2.24) is 9.80 Å². The standard InChI is InChI=1S/C17H28N2O5/c1-11(2)10-23-15(21)14-12(8-18(6)7)13(20)9-19(14)16(22)24-17(3,4)5/h8,11,14H,9-10H2,1-7H3/b12-8-/t14-/m0/s1. The molecule has 1 heterocycles. The van der Waals surface area contributed by atoms with E-state index in [-0.39, 0.29) is 30.4 Å². The highest BCUT2D eigenvalue weighted by Crippen LogP contribution is 2.25. The van der Waals surface area contributed by atoms with Crippen molar-refractivity contribution >= 4 is 17.8 Å². The zero-order valence-corrected chi connectivity index (χ0v) is 15.6. The van der Waals surface area contributed by atoms with Gasteiger partial charge in [0.2, 0.25) is 0 Å². The molecule has 0 unspecified atom stereocenters. The van der Waals surface area contributed by atoms with E-state index in [1.54, 1.807) is 46.0 Å². The molecule has 0 aromatic heterocycles. The Bertz CT molecular complexity index is 532. The van der Waals surface area contributed by atoms with E-state index in [0.717, 1.165) is 4.90 Å². The van der Waals surface area contributed by atoms with Gasteiger partial charge in [-0.15, -0.1) is 0 Å². The van der Waals surface area contributed by atoms with Crippen molar-refractivity contribution in [3.63, 3.8) is 0 Å². The van der Waals surface area contributed by atoms with E-state index in [1.807, 2.05) is 13.8 Å². The number of hydrogen-bond donors (Lipinski definition) is 0. The van der Waals surface area contributed by atoms with Gasteiger partial charge in [0, 0.05) is 25.9 Å². The number of ketones is 1. The van der Waals surface area contributed by atoms with Gasteiger partial charge in [-0.05, 0) is 26.7 Å². The molecular formula is C17H28N2O5. The summed E-state index contributed by atoms with van der Waals surface area (Å²) < 4.78 is 10.6. The molecule has 24 heavy (non-hydrogen) atoms. The highest BCUT2D eigenvalue weighted by atomic mass is 16.6. The normalized spacial score (nSPS) is 19.8. The van der Waals surface area contributed by atoms with Gasteiger partial charge in [0.25, 0.3) is 0 Å². The first kappa shape index (κ1) is 20.0. The predicted molar refractivity (Wildman–Crippen MR) is 89.3 cm³/mol. The number of rotatable bonds is 4. The third-order valence-corrected chi connectivity index (χ3v) is 3.05. The molecule has 7 heteroatoms. The van der Waals surface area contributed by atoms with Crippen LogP contribution in [0, 0.1) is 5.92 Å². The lowest BCUT2D eigenvalue weighted by Crippen LogP contribution is -2.45. The molecular weight excluding hydrogens is 312 g/mol. The summed E-state index contributed by atoms with van der Waals surface area (Å²) in [7, 11) is 3.49. The number of carbonyl (C=O) groups excluding carboxylic acids is 3. The van der Waals surface area contributed by atoms with Gasteiger partial charge in [-0.3, -0.25) is 9.69 Å². The zero-order chi connectivity index (χ0) is 18.7. The van der Waals surface area contributed by atoms with E-state index in [2.05, 4.69) is 0 Å². The Labute approximate surface area is 143 Å². The van der Waals surface area contributed by atoms with Gasteiger partial charge >= 0.3 is 12.1 Å². The highest BCUT2D eigenvalue weighted by Gasteiger charge is 2.46. The van der Waals surface area contributed by atoms with Gasteiger partial charge < -0.3 is 14.4 Å². The van der Waals surface area contributed by atoms with Crippen LogP contribution >= 0.6 is 0 Å². The molecule has 0 saturated carbocycles. The van der Waals surface area contributed by atoms with Crippen LogP contribution in [-0.2, 0) is 19.1 Å². The lowest BCUT2D eigenvalue weighted by atomic mass is 10.1. The van der Waals surface area contributed by atoms with Crippen molar-refractivity contribution in [2.24, 2.45) is 5.92 Å². The predicted octanol–water partition coefficient (Wildman–Crippen LogP) is 1.82. The molecule has 1 fully saturated rings. The summed E-state index contributed by atoms with van der Waals surface area (Å²) >= 11 is 0. The average molecular weight is 340 g/mol. The molecule has 0 aromatic rings. The first-order valence-corrected chi connectivity index (χ1v) is 8.00. The second-order valence-corrected chi connectivity index (χ2v) is 7.51. The molecule has 136 valence electrons. The summed E-state index contributed by atoms with van der Waals surface area (Å²) in [5.41, 5.74) is -0.486. The van der Waals surface area contributed by atoms with Gasteiger partial charge in [0.1, 0.15) is 5.60 Å². The van der Waals surface area contributed by atoms with Crippen molar-refractivity contribution < 1.29 is 23.9 Å². The molecule has 0 radical (unpaired) electrons. The van der Waals surface area contributed by atoms with Gasteiger partial charge in [0.05, 0.1) is 13.2 Å². The maximum Gasteiger partial charge on any atom is 0.411 e. The van der Waals surface area contributed by atoms with Gasteiger partial charge in [0.15, 0.2) is 11.8 Å². The fourth-order valence-electron chi connectivity index (χ4n) is 2.15. The summed E-state index contributed by atoms with van der Waals surface area (Å²) in [6.45, 7) is 9.03. The Balaban J connectivity index is 3.10. The van der Waals surface area contributed by atoms with E-state index in [0.29, 0.717) is 0 Å². The van der Waals surface area contributed by atoms with Crippen molar-refractivity contribution in [1.29, 1.82) is 0 Å². The van der Waals surface area contributed by atoms with Crippen LogP contribution in [0.15, 0.2) is 11.8 Å². The maximum atomic E-state index is 12.5. The summed E-state index contributed by atoms with van der Waals surface area (Å²) in [5.74, 6) is -0.753. The number of nitrogens with zero attached hydrogens (tertiary/aromatic N) is 2. The van der Waals surface area contributed by atoms with E-state index in [1.165, 1.54) is 0 Å². The van der Waals surface area contributed by atoms with Crippen molar-refractivity contribution in [3.05, 3.63) is 11.8 Å². The summed E-state index contributed by atoms with van der Waals surface area (Å²) in [6, 6.07) is -1.08. The molecule has 0 bridgehead atoms. The molecule has 1 aliphatic heterocycles. The van der Waals surface area contributed by atoms with Crippen LogP contribution in [0.3, 0.4) is 0 Å². The lowest BCUT2D eigenvalue weighted by Gasteiger charge is -2.27. The Kier molecular flexibility index (Phi) is 6.40. The van der Waals surface area contributed by atoms with Gasteiger partial charge in [-0.25, -0.2) is 9.59 Å². The number of ether oxygens (including phenoxy) is 2. The van der Waals surface area contributed by atoms with Crippen molar-refractivity contribution in [2.45, 2.75) is 46.3 Å². The monoisotopic (exact) mass is 340 g/mol. The van der Waals surface area contributed by atoms with Gasteiger partial charge in [-0.1, -0.05) is 13.8 Å². The minimum atomic E-state index is -1.08. The minimum absolute atomic E-state index is 0.155. The molecule has 1 amide bonds. The van der Waals surface area contributed by atoms with E-state index in [4.69, 9.17) is 9.47 Å². The summed E-state index contributed by atoms with van der Waals surface area (Å²) in [4.78, 5) is 40.0. The van der Waals surface area contributed by atoms with Crippen LogP contribution in [0.5, 0.6) is 0 Å². The van der Waals surface area contributed by atoms with E-state index < -0.39 is 23.7 Å². The topological polar surface area (TPSA) is 76.2 Å². The molecule has 0 aromatic carbocycles. The molecule has 0 aliphatic carbocycles. The van der Waals surface area contributed by atoms with Crippen LogP contribution < -0.4 is 0 Å². The van der Waals surface area contributed by atoms with Crippen LogP contribution in [0.25, 0.3) is 0 Å².